The summed E-state index contributed by atoms with van der Waals surface area (Å²) in [5.41, 5.74) is 9.52. The molecule has 1 aliphatic heterocycles. The number of aryl methyl sites for hydroxylation is 1. The third-order valence-corrected chi connectivity index (χ3v) is 4.74. The smallest absolute Gasteiger partial charge is 0.226 e. The van der Waals surface area contributed by atoms with E-state index in [4.69, 9.17) is 10.5 Å². The molecule has 0 radical (unpaired) electrons. The Labute approximate surface area is 125 Å². The van der Waals surface area contributed by atoms with Gasteiger partial charge in [0.2, 0.25) is 5.91 Å². The molecule has 5 nitrogen and oxygen atoms in total. The first-order valence-corrected chi connectivity index (χ1v) is 7.60. The largest absolute Gasteiger partial charge is 0.380 e. The SMILES string of the molecule is CO[C@@H]1CC[C@H](C(=O)N2Cc3cnc(C)cc3C2)C[C@H]1N. The fourth-order valence-corrected chi connectivity index (χ4v) is 3.51. The number of ether oxygens (including phenoxy) is 1. The molecule has 0 unspecified atom stereocenters. The second-order valence-electron chi connectivity index (χ2n) is 6.24. The van der Waals surface area contributed by atoms with E-state index in [1.54, 1.807) is 7.11 Å². The summed E-state index contributed by atoms with van der Waals surface area (Å²) in [6.45, 7) is 3.37. The summed E-state index contributed by atoms with van der Waals surface area (Å²) in [6.07, 6.45) is 4.45. The zero-order valence-electron chi connectivity index (χ0n) is 12.7. The van der Waals surface area contributed by atoms with Gasteiger partial charge in [-0.2, -0.15) is 0 Å². The first kappa shape index (κ1) is 14.5. The number of fused-ring (bicyclic) bond motifs is 1. The van der Waals surface area contributed by atoms with E-state index in [0.29, 0.717) is 13.1 Å². The van der Waals surface area contributed by atoms with E-state index in [-0.39, 0.29) is 24.0 Å². The van der Waals surface area contributed by atoms with Gasteiger partial charge < -0.3 is 15.4 Å². The predicted octanol–water partition coefficient (Wildman–Crippen LogP) is 1.37. The summed E-state index contributed by atoms with van der Waals surface area (Å²) in [5, 5.41) is 0. The molecule has 1 aromatic rings. The lowest BCUT2D eigenvalue weighted by molar-refractivity contribution is -0.138. The molecule has 3 rings (SSSR count). The zero-order valence-corrected chi connectivity index (χ0v) is 12.7. The molecule has 1 fully saturated rings. The van der Waals surface area contributed by atoms with Gasteiger partial charge in [-0.3, -0.25) is 9.78 Å². The molecular weight excluding hydrogens is 266 g/mol. The van der Waals surface area contributed by atoms with Crippen LogP contribution in [0, 0.1) is 12.8 Å². The molecule has 21 heavy (non-hydrogen) atoms. The van der Waals surface area contributed by atoms with Crippen molar-refractivity contribution < 1.29 is 9.53 Å². The number of aromatic nitrogens is 1. The van der Waals surface area contributed by atoms with Crippen molar-refractivity contribution in [1.29, 1.82) is 0 Å². The summed E-state index contributed by atoms with van der Waals surface area (Å²) in [6, 6.07) is 2.04. The number of nitrogens with two attached hydrogens (primary N) is 1. The number of carbonyl (C=O) groups excluding carboxylic acids is 1. The fraction of sp³-hybridized carbons (Fsp3) is 0.625. The molecule has 0 saturated heterocycles. The molecule has 2 N–H and O–H groups in total. The monoisotopic (exact) mass is 289 g/mol. The predicted molar refractivity (Wildman–Crippen MR) is 79.3 cm³/mol. The summed E-state index contributed by atoms with van der Waals surface area (Å²) < 4.78 is 5.36. The van der Waals surface area contributed by atoms with Gasteiger partial charge in [-0.15, -0.1) is 0 Å². The van der Waals surface area contributed by atoms with E-state index in [1.165, 1.54) is 11.1 Å². The Kier molecular flexibility index (Phi) is 3.95. The van der Waals surface area contributed by atoms with Crippen molar-refractivity contribution >= 4 is 5.91 Å². The number of nitrogens with zero attached hydrogens (tertiary/aromatic N) is 2. The van der Waals surface area contributed by atoms with Gasteiger partial charge in [0.15, 0.2) is 0 Å². The Morgan fingerprint density at radius 1 is 1.38 bits per heavy atom. The zero-order chi connectivity index (χ0) is 15.0. The molecule has 1 amide bonds. The normalized spacial score (nSPS) is 28.5. The van der Waals surface area contributed by atoms with Gasteiger partial charge in [0.1, 0.15) is 0 Å². The van der Waals surface area contributed by atoms with Gasteiger partial charge in [0, 0.05) is 44.0 Å². The molecular formula is C16H23N3O2. The summed E-state index contributed by atoms with van der Waals surface area (Å²) in [4.78, 5) is 19.0. The summed E-state index contributed by atoms with van der Waals surface area (Å²) in [5.74, 6) is 0.267. The van der Waals surface area contributed by atoms with Crippen LogP contribution < -0.4 is 5.73 Å². The molecule has 3 atom stereocenters. The highest BCUT2D eigenvalue weighted by atomic mass is 16.5. The Bertz CT molecular complexity index is 546. The second kappa shape index (κ2) is 5.73. The minimum atomic E-state index is -0.0356. The van der Waals surface area contributed by atoms with Gasteiger partial charge in [0.25, 0.3) is 0 Å². The van der Waals surface area contributed by atoms with Gasteiger partial charge in [-0.1, -0.05) is 0 Å². The summed E-state index contributed by atoms with van der Waals surface area (Å²) in [7, 11) is 1.69. The van der Waals surface area contributed by atoms with Crippen molar-refractivity contribution in [3.63, 3.8) is 0 Å². The van der Waals surface area contributed by atoms with Gasteiger partial charge in [-0.05, 0) is 43.4 Å². The minimum absolute atomic E-state index is 0.0356. The number of hydrogen-bond donors (Lipinski definition) is 1. The van der Waals surface area contributed by atoms with Crippen LogP contribution in [0.4, 0.5) is 0 Å². The molecule has 0 bridgehead atoms. The molecule has 0 spiro atoms. The Morgan fingerprint density at radius 3 is 2.86 bits per heavy atom. The van der Waals surface area contributed by atoms with Crippen molar-refractivity contribution in [3.8, 4) is 0 Å². The molecule has 1 saturated carbocycles. The van der Waals surface area contributed by atoms with Gasteiger partial charge >= 0.3 is 0 Å². The second-order valence-corrected chi connectivity index (χ2v) is 6.24. The topological polar surface area (TPSA) is 68.5 Å². The average Bonchev–Trinajstić information content (AvgIpc) is 2.89. The van der Waals surface area contributed by atoms with Crippen molar-refractivity contribution in [1.82, 2.24) is 9.88 Å². The van der Waals surface area contributed by atoms with Crippen molar-refractivity contribution in [2.75, 3.05) is 7.11 Å². The highest BCUT2D eigenvalue weighted by Crippen LogP contribution is 2.30. The lowest BCUT2D eigenvalue weighted by Crippen LogP contribution is -2.45. The van der Waals surface area contributed by atoms with Crippen LogP contribution in [0.2, 0.25) is 0 Å². The number of amides is 1. The Morgan fingerprint density at radius 2 is 2.14 bits per heavy atom. The van der Waals surface area contributed by atoms with Crippen molar-refractivity contribution in [2.45, 2.75) is 51.4 Å². The highest BCUT2D eigenvalue weighted by Gasteiger charge is 2.35. The maximum Gasteiger partial charge on any atom is 0.226 e. The molecule has 0 aromatic carbocycles. The molecule has 1 aromatic heterocycles. The lowest BCUT2D eigenvalue weighted by Gasteiger charge is -2.34. The maximum absolute atomic E-state index is 12.7. The standard InChI is InChI=1S/C16H23N3O2/c1-10-5-12-8-19(9-13(12)7-18-10)16(20)11-3-4-15(21-2)14(17)6-11/h5,7,11,14-15H,3-4,6,8-9,17H2,1-2H3/t11-,14+,15+/m0/s1. The van der Waals surface area contributed by atoms with E-state index in [0.717, 1.165) is 25.0 Å². The third kappa shape index (κ3) is 2.80. The van der Waals surface area contributed by atoms with Crippen LogP contribution in [0.25, 0.3) is 0 Å². The first-order chi connectivity index (χ1) is 10.1. The van der Waals surface area contributed by atoms with Gasteiger partial charge in [0.05, 0.1) is 6.10 Å². The quantitative estimate of drug-likeness (QED) is 0.893. The van der Waals surface area contributed by atoms with E-state index < -0.39 is 0 Å². The summed E-state index contributed by atoms with van der Waals surface area (Å²) >= 11 is 0. The van der Waals surface area contributed by atoms with Crippen molar-refractivity contribution in [2.24, 2.45) is 11.7 Å². The molecule has 114 valence electrons. The van der Waals surface area contributed by atoms with E-state index in [2.05, 4.69) is 11.1 Å². The maximum atomic E-state index is 12.7. The van der Waals surface area contributed by atoms with Gasteiger partial charge in [-0.25, -0.2) is 0 Å². The van der Waals surface area contributed by atoms with E-state index in [1.807, 2.05) is 18.0 Å². The van der Waals surface area contributed by atoms with Crippen LogP contribution in [0.15, 0.2) is 12.3 Å². The van der Waals surface area contributed by atoms with E-state index in [9.17, 15) is 4.79 Å². The Hall–Kier alpha value is -1.46. The fourth-order valence-electron chi connectivity index (χ4n) is 3.51. The number of methoxy groups -OCH3 is 1. The van der Waals surface area contributed by atoms with Crippen LogP contribution in [0.1, 0.15) is 36.1 Å². The van der Waals surface area contributed by atoms with Crippen LogP contribution >= 0.6 is 0 Å². The Balaban J connectivity index is 1.65. The van der Waals surface area contributed by atoms with E-state index >= 15 is 0 Å². The average molecular weight is 289 g/mol. The number of carbonyl (C=O) groups is 1. The van der Waals surface area contributed by atoms with Crippen LogP contribution in [0.5, 0.6) is 0 Å². The number of rotatable bonds is 2. The first-order valence-electron chi connectivity index (χ1n) is 7.60. The molecule has 2 aliphatic rings. The molecule has 5 heteroatoms. The lowest BCUT2D eigenvalue weighted by atomic mass is 9.83. The molecule has 2 heterocycles. The van der Waals surface area contributed by atoms with Crippen LogP contribution in [0.3, 0.4) is 0 Å². The van der Waals surface area contributed by atoms with Crippen molar-refractivity contribution in [3.05, 3.63) is 29.1 Å². The number of hydrogen-bond acceptors (Lipinski definition) is 4. The highest BCUT2D eigenvalue weighted by molar-refractivity contribution is 5.79. The van der Waals surface area contributed by atoms with Crippen LogP contribution in [-0.2, 0) is 22.6 Å². The molecule has 1 aliphatic carbocycles. The minimum Gasteiger partial charge on any atom is -0.380 e. The number of pyridine rings is 1. The third-order valence-electron chi connectivity index (χ3n) is 4.74. The van der Waals surface area contributed by atoms with Crippen LogP contribution in [-0.4, -0.2) is 35.0 Å².